The second-order valence-corrected chi connectivity index (χ2v) is 4.47. The highest BCUT2D eigenvalue weighted by atomic mass is 35.5. The van der Waals surface area contributed by atoms with Gasteiger partial charge in [-0.25, -0.2) is 4.79 Å². The lowest BCUT2D eigenvalue weighted by molar-refractivity contribution is -0.132. The molecule has 2 rings (SSSR count). The molecule has 0 aliphatic carbocycles. The monoisotopic (exact) mass is 244 g/mol. The summed E-state index contributed by atoms with van der Waals surface area (Å²) in [5.74, 6) is -2.25. The van der Waals surface area contributed by atoms with Crippen LogP contribution in [-0.4, -0.2) is 17.8 Å². The number of halogens is 1. The molecule has 1 aromatic rings. The molecule has 5 nitrogen and oxygen atoms in total. The summed E-state index contributed by atoms with van der Waals surface area (Å²) >= 11 is 6.92. The minimum atomic E-state index is -0.994. The van der Waals surface area contributed by atoms with E-state index in [0.29, 0.717) is 9.90 Å². The van der Waals surface area contributed by atoms with Gasteiger partial charge >= 0.3 is 6.03 Å². The number of imide groups is 2. The van der Waals surface area contributed by atoms with Gasteiger partial charge in [0, 0.05) is 0 Å². The van der Waals surface area contributed by atoms with Crippen LogP contribution in [0.2, 0.25) is 4.34 Å². The van der Waals surface area contributed by atoms with Crippen molar-refractivity contribution in [3.8, 4) is 0 Å². The average molecular weight is 245 g/mol. The maximum Gasteiger partial charge on any atom is 0.328 e. The van der Waals surface area contributed by atoms with Gasteiger partial charge in [0.2, 0.25) is 11.8 Å². The molecule has 0 bridgehead atoms. The zero-order valence-corrected chi connectivity index (χ0v) is 8.82. The molecular formula is C8H5ClN2O3S. The second-order valence-electron chi connectivity index (χ2n) is 2.92. The Labute approximate surface area is 93.4 Å². The molecule has 15 heavy (non-hydrogen) atoms. The van der Waals surface area contributed by atoms with E-state index in [-0.39, 0.29) is 0 Å². The maximum atomic E-state index is 11.4. The molecule has 0 saturated carbocycles. The highest BCUT2D eigenvalue weighted by Crippen LogP contribution is 2.27. The van der Waals surface area contributed by atoms with Crippen LogP contribution in [0.3, 0.4) is 0 Å². The van der Waals surface area contributed by atoms with Crippen LogP contribution in [0.15, 0.2) is 11.4 Å². The van der Waals surface area contributed by atoms with Gasteiger partial charge in [-0.3, -0.25) is 20.2 Å². The van der Waals surface area contributed by atoms with E-state index in [9.17, 15) is 14.4 Å². The summed E-state index contributed by atoms with van der Waals surface area (Å²) in [6.07, 6.45) is 0. The first-order valence-corrected chi connectivity index (χ1v) is 5.23. The van der Waals surface area contributed by atoms with Crippen molar-refractivity contribution in [2.75, 3.05) is 0 Å². The fraction of sp³-hybridized carbons (Fsp3) is 0.125. The molecule has 1 aliphatic rings. The normalized spacial score (nSPS) is 17.5. The van der Waals surface area contributed by atoms with Crippen LogP contribution >= 0.6 is 22.9 Å². The second kappa shape index (κ2) is 3.63. The highest BCUT2D eigenvalue weighted by Gasteiger charge is 2.35. The smallest absolute Gasteiger partial charge is 0.277 e. The van der Waals surface area contributed by atoms with Crippen LogP contribution in [-0.2, 0) is 9.59 Å². The van der Waals surface area contributed by atoms with E-state index < -0.39 is 23.8 Å². The SMILES string of the molecule is O=C1NC(=O)C(c2csc(Cl)c2)C(=O)N1. The molecule has 0 unspecified atom stereocenters. The molecule has 4 amide bonds. The van der Waals surface area contributed by atoms with Gasteiger partial charge in [0.1, 0.15) is 5.92 Å². The third-order valence-corrected chi connectivity index (χ3v) is 3.03. The molecule has 1 fully saturated rings. The number of amides is 4. The minimum absolute atomic E-state index is 0.488. The van der Waals surface area contributed by atoms with Crippen LogP contribution < -0.4 is 10.6 Å². The number of thiophene rings is 1. The van der Waals surface area contributed by atoms with E-state index in [4.69, 9.17) is 11.6 Å². The Bertz CT molecular complexity index is 436. The summed E-state index contributed by atoms with van der Waals surface area (Å²) in [5.41, 5.74) is 0.493. The van der Waals surface area contributed by atoms with E-state index in [2.05, 4.69) is 0 Å². The summed E-state index contributed by atoms with van der Waals surface area (Å²) in [6.45, 7) is 0. The van der Waals surface area contributed by atoms with Crippen molar-refractivity contribution in [1.82, 2.24) is 10.6 Å². The van der Waals surface area contributed by atoms with Crippen molar-refractivity contribution < 1.29 is 14.4 Å². The molecule has 2 heterocycles. The van der Waals surface area contributed by atoms with E-state index in [1.165, 1.54) is 17.4 Å². The Balaban J connectivity index is 2.32. The molecule has 1 saturated heterocycles. The van der Waals surface area contributed by atoms with Gasteiger partial charge in [-0.05, 0) is 17.0 Å². The van der Waals surface area contributed by atoms with Crippen molar-refractivity contribution >= 4 is 40.8 Å². The van der Waals surface area contributed by atoms with Crippen molar-refractivity contribution in [1.29, 1.82) is 0 Å². The summed E-state index contributed by atoms with van der Waals surface area (Å²) in [4.78, 5) is 33.6. The number of carbonyl (C=O) groups is 3. The molecular weight excluding hydrogens is 240 g/mol. The Morgan fingerprint density at radius 3 is 2.27 bits per heavy atom. The van der Waals surface area contributed by atoms with Crippen molar-refractivity contribution in [3.63, 3.8) is 0 Å². The molecule has 0 aromatic carbocycles. The molecule has 0 spiro atoms. The number of nitrogens with one attached hydrogen (secondary N) is 2. The number of rotatable bonds is 1. The zero-order chi connectivity index (χ0) is 11.0. The zero-order valence-electron chi connectivity index (χ0n) is 7.24. The molecule has 78 valence electrons. The van der Waals surface area contributed by atoms with Crippen LogP contribution in [0.4, 0.5) is 4.79 Å². The van der Waals surface area contributed by atoms with E-state index in [1.807, 2.05) is 10.6 Å². The number of hydrogen-bond acceptors (Lipinski definition) is 4. The largest absolute Gasteiger partial charge is 0.328 e. The number of carbonyl (C=O) groups excluding carboxylic acids is 3. The molecule has 0 radical (unpaired) electrons. The van der Waals surface area contributed by atoms with Gasteiger partial charge < -0.3 is 0 Å². The first-order valence-electron chi connectivity index (χ1n) is 3.97. The lowest BCUT2D eigenvalue weighted by atomic mass is 9.99. The van der Waals surface area contributed by atoms with Crippen LogP contribution in [0.5, 0.6) is 0 Å². The van der Waals surface area contributed by atoms with Crippen LogP contribution in [0.25, 0.3) is 0 Å². The molecule has 0 atom stereocenters. The first kappa shape index (κ1) is 10.1. The fourth-order valence-corrected chi connectivity index (χ4v) is 2.21. The number of hydrogen-bond donors (Lipinski definition) is 2. The van der Waals surface area contributed by atoms with Crippen LogP contribution in [0, 0.1) is 0 Å². The Morgan fingerprint density at radius 2 is 1.80 bits per heavy atom. The lowest BCUT2D eigenvalue weighted by Gasteiger charge is -2.19. The Kier molecular flexibility index (Phi) is 2.45. The number of urea groups is 1. The lowest BCUT2D eigenvalue weighted by Crippen LogP contribution is -2.54. The Morgan fingerprint density at radius 1 is 1.20 bits per heavy atom. The third-order valence-electron chi connectivity index (χ3n) is 1.92. The highest BCUT2D eigenvalue weighted by molar-refractivity contribution is 7.14. The number of barbiturate groups is 1. The summed E-state index contributed by atoms with van der Waals surface area (Å²) in [6, 6.07) is 0.744. The first-order chi connectivity index (χ1) is 7.08. The van der Waals surface area contributed by atoms with Crippen molar-refractivity contribution in [2.24, 2.45) is 0 Å². The van der Waals surface area contributed by atoms with E-state index in [1.54, 1.807) is 5.38 Å². The molecule has 1 aromatic heterocycles. The average Bonchev–Trinajstić information content (AvgIpc) is 2.49. The predicted octanol–water partition coefficient (Wildman–Crippen LogP) is 0.851. The maximum absolute atomic E-state index is 11.4. The van der Waals surface area contributed by atoms with Crippen molar-refractivity contribution in [3.05, 3.63) is 21.3 Å². The molecule has 2 N–H and O–H groups in total. The standard InChI is InChI=1S/C8H5ClN2O3S/c9-4-1-3(2-15-4)5-6(12)10-8(14)11-7(5)13/h1-2,5H,(H2,10,11,12,13,14). The predicted molar refractivity (Wildman–Crippen MR) is 53.8 cm³/mol. The van der Waals surface area contributed by atoms with Crippen molar-refractivity contribution in [2.45, 2.75) is 5.92 Å². The van der Waals surface area contributed by atoms with Gasteiger partial charge in [0.15, 0.2) is 0 Å². The van der Waals surface area contributed by atoms with E-state index in [0.717, 1.165) is 0 Å². The van der Waals surface area contributed by atoms with Gasteiger partial charge in [0.05, 0.1) is 4.34 Å². The van der Waals surface area contributed by atoms with Crippen LogP contribution in [0.1, 0.15) is 11.5 Å². The summed E-state index contributed by atoms with van der Waals surface area (Å²) in [7, 11) is 0. The van der Waals surface area contributed by atoms with Gasteiger partial charge in [-0.2, -0.15) is 0 Å². The fourth-order valence-electron chi connectivity index (χ4n) is 1.30. The Hall–Kier alpha value is -1.40. The van der Waals surface area contributed by atoms with Gasteiger partial charge in [-0.15, -0.1) is 11.3 Å². The van der Waals surface area contributed by atoms with Gasteiger partial charge in [0.25, 0.3) is 0 Å². The minimum Gasteiger partial charge on any atom is -0.277 e. The van der Waals surface area contributed by atoms with Gasteiger partial charge in [-0.1, -0.05) is 11.6 Å². The molecule has 7 heteroatoms. The molecule has 1 aliphatic heterocycles. The quantitative estimate of drug-likeness (QED) is 0.719. The topological polar surface area (TPSA) is 75.3 Å². The summed E-state index contributed by atoms with van der Waals surface area (Å²) in [5, 5.41) is 5.65. The summed E-state index contributed by atoms with van der Waals surface area (Å²) < 4.78 is 0.488. The van der Waals surface area contributed by atoms with E-state index >= 15 is 0 Å². The third kappa shape index (κ3) is 1.86.